The van der Waals surface area contributed by atoms with Crippen molar-refractivity contribution < 1.29 is 19.0 Å². The number of hydrogen-bond donors (Lipinski definition) is 2. The summed E-state index contributed by atoms with van der Waals surface area (Å²) < 4.78 is 17.2. The first kappa shape index (κ1) is 19.4. The van der Waals surface area contributed by atoms with Crippen molar-refractivity contribution in [3.05, 3.63) is 52.0 Å². The highest BCUT2D eigenvalue weighted by Crippen LogP contribution is 2.34. The van der Waals surface area contributed by atoms with E-state index in [0.29, 0.717) is 19.6 Å². The van der Waals surface area contributed by atoms with Crippen molar-refractivity contribution in [1.29, 1.82) is 0 Å². The van der Waals surface area contributed by atoms with Crippen LogP contribution in [0.1, 0.15) is 23.6 Å². The number of benzene rings is 2. The van der Waals surface area contributed by atoms with Gasteiger partial charge in [-0.3, -0.25) is 0 Å². The van der Waals surface area contributed by atoms with Gasteiger partial charge in [0.15, 0.2) is 0 Å². The Morgan fingerprint density at radius 2 is 2.07 bits per heavy atom. The van der Waals surface area contributed by atoms with E-state index in [2.05, 4.69) is 26.6 Å². The molecule has 0 spiro atoms. The monoisotopic (exact) mass is 434 g/mol. The maximum absolute atomic E-state index is 12.3. The van der Waals surface area contributed by atoms with E-state index < -0.39 is 0 Å². The number of urea groups is 1. The van der Waals surface area contributed by atoms with E-state index >= 15 is 0 Å². The molecule has 1 aliphatic heterocycles. The molecule has 0 saturated carbocycles. The van der Waals surface area contributed by atoms with E-state index in [4.69, 9.17) is 14.2 Å². The molecule has 0 saturated heterocycles. The molecule has 1 aliphatic rings. The molecule has 27 heavy (non-hydrogen) atoms. The first-order valence-corrected chi connectivity index (χ1v) is 9.57. The van der Waals surface area contributed by atoms with E-state index in [9.17, 15) is 4.79 Å². The molecule has 2 aromatic rings. The molecule has 0 radical (unpaired) electrons. The summed E-state index contributed by atoms with van der Waals surface area (Å²) in [5, 5.41) is 5.95. The largest absolute Gasteiger partial charge is 0.497 e. The van der Waals surface area contributed by atoms with Crippen LogP contribution in [-0.4, -0.2) is 33.4 Å². The Labute approximate surface area is 167 Å². The summed E-state index contributed by atoms with van der Waals surface area (Å²) in [5.41, 5.74) is 2.00. The first-order valence-electron chi connectivity index (χ1n) is 8.78. The van der Waals surface area contributed by atoms with Gasteiger partial charge in [-0.1, -0.05) is 22.0 Å². The third kappa shape index (κ3) is 4.86. The van der Waals surface area contributed by atoms with Gasteiger partial charge in [-0.2, -0.15) is 0 Å². The standard InChI is InChI=1S/C20H23BrN2O4/c1-25-15-5-3-13(19(12-15)26-2)7-9-22-20(24)23-17-8-10-27-18-6-4-14(21)11-16(17)18/h3-6,11-12,17H,7-10H2,1-2H3,(H2,22,23,24). The topological polar surface area (TPSA) is 68.8 Å². The molecule has 2 amide bonds. The summed E-state index contributed by atoms with van der Waals surface area (Å²) in [6, 6.07) is 11.2. The highest BCUT2D eigenvalue weighted by molar-refractivity contribution is 9.10. The fourth-order valence-corrected chi connectivity index (χ4v) is 3.47. The van der Waals surface area contributed by atoms with Crippen molar-refractivity contribution >= 4 is 22.0 Å². The minimum Gasteiger partial charge on any atom is -0.497 e. The average molecular weight is 435 g/mol. The zero-order chi connectivity index (χ0) is 19.2. The summed E-state index contributed by atoms with van der Waals surface area (Å²) >= 11 is 3.47. The van der Waals surface area contributed by atoms with Gasteiger partial charge in [0.2, 0.25) is 0 Å². The number of fused-ring (bicyclic) bond motifs is 1. The molecule has 0 aromatic heterocycles. The fourth-order valence-electron chi connectivity index (χ4n) is 3.09. The number of halogens is 1. The molecular formula is C20H23BrN2O4. The van der Waals surface area contributed by atoms with Crippen LogP contribution in [-0.2, 0) is 6.42 Å². The Kier molecular flexibility index (Phi) is 6.45. The molecule has 1 atom stereocenters. The van der Waals surface area contributed by atoms with Crippen molar-refractivity contribution in [2.24, 2.45) is 0 Å². The van der Waals surface area contributed by atoms with Gasteiger partial charge >= 0.3 is 6.03 Å². The van der Waals surface area contributed by atoms with Crippen molar-refractivity contribution in [3.63, 3.8) is 0 Å². The van der Waals surface area contributed by atoms with Crippen LogP contribution >= 0.6 is 15.9 Å². The maximum Gasteiger partial charge on any atom is 0.315 e. The molecular weight excluding hydrogens is 412 g/mol. The molecule has 0 aliphatic carbocycles. The van der Waals surface area contributed by atoms with Gasteiger partial charge in [-0.25, -0.2) is 4.79 Å². The Balaban J connectivity index is 1.55. The normalized spacial score (nSPS) is 15.3. The predicted molar refractivity (Wildman–Crippen MR) is 107 cm³/mol. The number of carbonyl (C=O) groups is 1. The molecule has 3 rings (SSSR count). The SMILES string of the molecule is COc1ccc(CCNC(=O)NC2CCOc3ccc(Br)cc32)c(OC)c1. The Morgan fingerprint density at radius 1 is 1.22 bits per heavy atom. The molecule has 0 fully saturated rings. The second-order valence-electron chi connectivity index (χ2n) is 6.20. The van der Waals surface area contributed by atoms with Gasteiger partial charge in [0, 0.05) is 29.1 Å². The van der Waals surface area contributed by atoms with Crippen LogP contribution in [0.2, 0.25) is 0 Å². The third-order valence-corrected chi connectivity index (χ3v) is 4.98. The summed E-state index contributed by atoms with van der Waals surface area (Å²) in [6.07, 6.45) is 1.40. The van der Waals surface area contributed by atoms with Gasteiger partial charge in [-0.05, 0) is 36.2 Å². The molecule has 144 valence electrons. The second kappa shape index (κ2) is 8.99. The third-order valence-electron chi connectivity index (χ3n) is 4.49. The van der Waals surface area contributed by atoms with Gasteiger partial charge in [0.1, 0.15) is 17.2 Å². The van der Waals surface area contributed by atoms with E-state index in [0.717, 1.165) is 39.3 Å². The molecule has 7 heteroatoms. The zero-order valence-electron chi connectivity index (χ0n) is 15.4. The van der Waals surface area contributed by atoms with Crippen LogP contribution in [0.15, 0.2) is 40.9 Å². The number of amides is 2. The number of hydrogen-bond acceptors (Lipinski definition) is 4. The molecule has 1 heterocycles. The smallest absolute Gasteiger partial charge is 0.315 e. The Hall–Kier alpha value is -2.41. The fraction of sp³-hybridized carbons (Fsp3) is 0.350. The van der Waals surface area contributed by atoms with Crippen molar-refractivity contribution in [1.82, 2.24) is 10.6 Å². The molecule has 6 nitrogen and oxygen atoms in total. The lowest BCUT2D eigenvalue weighted by Gasteiger charge is -2.27. The lowest BCUT2D eigenvalue weighted by Crippen LogP contribution is -2.40. The van der Waals surface area contributed by atoms with Crippen molar-refractivity contribution in [3.8, 4) is 17.2 Å². The van der Waals surface area contributed by atoms with Gasteiger partial charge in [0.25, 0.3) is 0 Å². The van der Waals surface area contributed by atoms with Gasteiger partial charge in [0.05, 0.1) is 26.9 Å². The molecule has 2 N–H and O–H groups in total. The van der Waals surface area contributed by atoms with Gasteiger partial charge in [-0.15, -0.1) is 0 Å². The number of carbonyl (C=O) groups excluding carboxylic acids is 1. The van der Waals surface area contributed by atoms with E-state index in [1.807, 2.05) is 36.4 Å². The van der Waals surface area contributed by atoms with Crippen LogP contribution in [0.5, 0.6) is 17.2 Å². The first-order chi connectivity index (χ1) is 13.1. The van der Waals surface area contributed by atoms with Crippen LogP contribution in [0.25, 0.3) is 0 Å². The van der Waals surface area contributed by atoms with E-state index in [1.165, 1.54) is 0 Å². The summed E-state index contributed by atoms with van der Waals surface area (Å²) in [6.45, 7) is 1.09. The maximum atomic E-state index is 12.3. The number of ether oxygens (including phenoxy) is 3. The highest BCUT2D eigenvalue weighted by atomic mass is 79.9. The van der Waals surface area contributed by atoms with Crippen LogP contribution in [0.4, 0.5) is 4.79 Å². The highest BCUT2D eigenvalue weighted by Gasteiger charge is 2.23. The van der Waals surface area contributed by atoms with Crippen LogP contribution in [0, 0.1) is 0 Å². The van der Waals surface area contributed by atoms with Crippen LogP contribution in [0.3, 0.4) is 0 Å². The van der Waals surface area contributed by atoms with E-state index in [-0.39, 0.29) is 12.1 Å². The number of rotatable bonds is 6. The Morgan fingerprint density at radius 3 is 2.85 bits per heavy atom. The number of methoxy groups -OCH3 is 2. The van der Waals surface area contributed by atoms with Crippen LogP contribution < -0.4 is 24.8 Å². The molecule has 1 unspecified atom stereocenters. The average Bonchev–Trinajstić information content (AvgIpc) is 2.68. The zero-order valence-corrected chi connectivity index (χ0v) is 17.0. The Bertz CT molecular complexity index is 813. The lowest BCUT2D eigenvalue weighted by atomic mass is 10.0. The minimum absolute atomic E-state index is 0.0678. The number of nitrogens with one attached hydrogen (secondary N) is 2. The lowest BCUT2D eigenvalue weighted by molar-refractivity contribution is 0.223. The van der Waals surface area contributed by atoms with Crippen molar-refractivity contribution in [2.45, 2.75) is 18.9 Å². The predicted octanol–water partition coefficient (Wildman–Crippen LogP) is 3.83. The second-order valence-corrected chi connectivity index (χ2v) is 7.12. The molecule has 2 aromatic carbocycles. The molecule has 0 bridgehead atoms. The van der Waals surface area contributed by atoms with Crippen molar-refractivity contribution in [2.75, 3.05) is 27.4 Å². The summed E-state index contributed by atoms with van der Waals surface area (Å²) in [5.74, 6) is 2.31. The van der Waals surface area contributed by atoms with E-state index in [1.54, 1.807) is 14.2 Å². The summed E-state index contributed by atoms with van der Waals surface area (Å²) in [7, 11) is 3.24. The van der Waals surface area contributed by atoms with Gasteiger partial charge < -0.3 is 24.8 Å². The summed E-state index contributed by atoms with van der Waals surface area (Å²) in [4.78, 5) is 12.3. The minimum atomic E-state index is -0.194. The quantitative estimate of drug-likeness (QED) is 0.724.